The standard InChI is InChI=1S/C16H25N3O2/c1-11-5-6-13(18-9-11)14(17)12-7-8-19(10-12)15(20)21-16(2,3)4/h5-6,9,12,14H,7-8,10,17H2,1-4H3/t12-,14?/m1/s1. The minimum Gasteiger partial charge on any atom is -0.444 e. The molecule has 2 heterocycles. The SMILES string of the molecule is Cc1ccc(C(N)[C@@H]2CCN(C(=O)OC(C)(C)C)C2)nc1. The maximum Gasteiger partial charge on any atom is 0.410 e. The van der Waals surface area contributed by atoms with E-state index in [0.717, 1.165) is 17.7 Å². The number of ether oxygens (including phenoxy) is 1. The van der Waals surface area contributed by atoms with Crippen molar-refractivity contribution >= 4 is 6.09 Å². The van der Waals surface area contributed by atoms with Gasteiger partial charge in [-0.25, -0.2) is 4.79 Å². The number of pyridine rings is 1. The van der Waals surface area contributed by atoms with Crippen molar-refractivity contribution in [2.45, 2.75) is 45.8 Å². The Bertz CT molecular complexity index is 493. The van der Waals surface area contributed by atoms with Crippen molar-refractivity contribution in [2.75, 3.05) is 13.1 Å². The fraction of sp³-hybridized carbons (Fsp3) is 0.625. The summed E-state index contributed by atoms with van der Waals surface area (Å²) in [6.45, 7) is 8.95. The van der Waals surface area contributed by atoms with Gasteiger partial charge in [-0.05, 0) is 51.7 Å². The number of likely N-dealkylation sites (tertiary alicyclic amines) is 1. The highest BCUT2D eigenvalue weighted by Gasteiger charge is 2.33. The zero-order valence-electron chi connectivity index (χ0n) is 13.3. The van der Waals surface area contributed by atoms with Crippen LogP contribution in [0.2, 0.25) is 0 Å². The van der Waals surface area contributed by atoms with Gasteiger partial charge in [0.25, 0.3) is 0 Å². The fourth-order valence-corrected chi connectivity index (χ4v) is 2.49. The molecule has 1 unspecified atom stereocenters. The Balaban J connectivity index is 1.95. The van der Waals surface area contributed by atoms with Crippen LogP contribution in [-0.4, -0.2) is 34.7 Å². The lowest BCUT2D eigenvalue weighted by Gasteiger charge is -2.25. The van der Waals surface area contributed by atoms with E-state index in [9.17, 15) is 4.79 Å². The predicted molar refractivity (Wildman–Crippen MR) is 81.8 cm³/mol. The highest BCUT2D eigenvalue weighted by molar-refractivity contribution is 5.68. The second-order valence-electron chi connectivity index (χ2n) is 6.76. The lowest BCUT2D eigenvalue weighted by molar-refractivity contribution is 0.0286. The number of rotatable bonds is 2. The van der Waals surface area contributed by atoms with Gasteiger partial charge >= 0.3 is 6.09 Å². The van der Waals surface area contributed by atoms with E-state index < -0.39 is 5.60 Å². The number of aromatic nitrogens is 1. The summed E-state index contributed by atoms with van der Waals surface area (Å²) in [6, 6.07) is 3.84. The average Bonchev–Trinajstić information content (AvgIpc) is 2.86. The molecular formula is C16H25N3O2. The molecule has 1 aliphatic heterocycles. The van der Waals surface area contributed by atoms with E-state index in [-0.39, 0.29) is 18.1 Å². The van der Waals surface area contributed by atoms with E-state index in [1.165, 1.54) is 0 Å². The predicted octanol–water partition coefficient (Wildman–Crippen LogP) is 2.65. The molecule has 5 nitrogen and oxygen atoms in total. The third-order valence-corrected chi connectivity index (χ3v) is 3.66. The summed E-state index contributed by atoms with van der Waals surface area (Å²) in [5.74, 6) is 0.229. The zero-order valence-corrected chi connectivity index (χ0v) is 13.3. The van der Waals surface area contributed by atoms with E-state index in [1.54, 1.807) is 4.90 Å². The molecule has 1 aromatic rings. The van der Waals surface area contributed by atoms with Crippen molar-refractivity contribution < 1.29 is 9.53 Å². The van der Waals surface area contributed by atoms with Crippen molar-refractivity contribution in [3.63, 3.8) is 0 Å². The van der Waals surface area contributed by atoms with Crippen LogP contribution in [0.25, 0.3) is 0 Å². The quantitative estimate of drug-likeness (QED) is 0.909. The van der Waals surface area contributed by atoms with Gasteiger partial charge in [0, 0.05) is 19.3 Å². The van der Waals surface area contributed by atoms with Crippen molar-refractivity contribution in [1.82, 2.24) is 9.88 Å². The van der Waals surface area contributed by atoms with Crippen molar-refractivity contribution in [1.29, 1.82) is 0 Å². The van der Waals surface area contributed by atoms with Crippen molar-refractivity contribution in [3.05, 3.63) is 29.6 Å². The number of nitrogens with two attached hydrogens (primary N) is 1. The molecule has 1 aromatic heterocycles. The fourth-order valence-electron chi connectivity index (χ4n) is 2.49. The summed E-state index contributed by atoms with van der Waals surface area (Å²) in [5.41, 5.74) is 7.84. The molecule has 5 heteroatoms. The van der Waals surface area contributed by atoms with E-state index in [4.69, 9.17) is 10.5 Å². The van der Waals surface area contributed by atoms with Gasteiger partial charge in [-0.3, -0.25) is 4.98 Å². The number of carbonyl (C=O) groups is 1. The smallest absolute Gasteiger partial charge is 0.410 e. The molecule has 0 bridgehead atoms. The summed E-state index contributed by atoms with van der Waals surface area (Å²) in [4.78, 5) is 18.2. The normalized spacial score (nSPS) is 20.4. The summed E-state index contributed by atoms with van der Waals surface area (Å²) in [5, 5.41) is 0. The first-order valence-corrected chi connectivity index (χ1v) is 7.42. The zero-order chi connectivity index (χ0) is 15.6. The number of hydrogen-bond acceptors (Lipinski definition) is 4. The maximum atomic E-state index is 12.1. The van der Waals surface area contributed by atoms with Gasteiger partial charge in [-0.2, -0.15) is 0 Å². The molecule has 116 valence electrons. The molecule has 0 spiro atoms. The third-order valence-electron chi connectivity index (χ3n) is 3.66. The van der Waals surface area contributed by atoms with Gasteiger partial charge in [-0.1, -0.05) is 6.07 Å². The second-order valence-corrected chi connectivity index (χ2v) is 6.76. The first-order chi connectivity index (χ1) is 9.76. The van der Waals surface area contributed by atoms with Crippen LogP contribution in [0.5, 0.6) is 0 Å². The Labute approximate surface area is 126 Å². The maximum absolute atomic E-state index is 12.1. The first-order valence-electron chi connectivity index (χ1n) is 7.42. The van der Waals surface area contributed by atoms with Gasteiger partial charge in [0.15, 0.2) is 0 Å². The van der Waals surface area contributed by atoms with Crippen LogP contribution in [0.1, 0.15) is 44.5 Å². The Kier molecular flexibility index (Phi) is 4.52. The van der Waals surface area contributed by atoms with E-state index in [2.05, 4.69) is 4.98 Å². The molecule has 0 aromatic carbocycles. The number of carbonyl (C=O) groups excluding carboxylic acids is 1. The average molecular weight is 291 g/mol. The van der Waals surface area contributed by atoms with Crippen LogP contribution < -0.4 is 5.73 Å². The van der Waals surface area contributed by atoms with Gasteiger partial charge in [0.05, 0.1) is 11.7 Å². The lowest BCUT2D eigenvalue weighted by atomic mass is 9.96. The largest absolute Gasteiger partial charge is 0.444 e. The molecule has 1 aliphatic rings. The number of nitrogens with zero attached hydrogens (tertiary/aromatic N) is 2. The van der Waals surface area contributed by atoms with Gasteiger partial charge in [-0.15, -0.1) is 0 Å². The Morgan fingerprint density at radius 1 is 1.48 bits per heavy atom. The van der Waals surface area contributed by atoms with E-state index >= 15 is 0 Å². The highest BCUT2D eigenvalue weighted by Crippen LogP contribution is 2.28. The van der Waals surface area contributed by atoms with E-state index in [1.807, 2.05) is 46.0 Å². The Morgan fingerprint density at radius 2 is 2.19 bits per heavy atom. The van der Waals surface area contributed by atoms with Crippen LogP contribution >= 0.6 is 0 Å². The van der Waals surface area contributed by atoms with Crippen LogP contribution in [0.3, 0.4) is 0 Å². The molecule has 1 amide bonds. The van der Waals surface area contributed by atoms with Gasteiger partial charge in [0.1, 0.15) is 5.60 Å². The summed E-state index contributed by atoms with van der Waals surface area (Å²) >= 11 is 0. The Morgan fingerprint density at radius 3 is 2.76 bits per heavy atom. The molecule has 21 heavy (non-hydrogen) atoms. The third kappa shape index (κ3) is 4.17. The number of amides is 1. The van der Waals surface area contributed by atoms with Gasteiger partial charge < -0.3 is 15.4 Å². The summed E-state index contributed by atoms with van der Waals surface area (Å²) in [7, 11) is 0. The number of aryl methyl sites for hydroxylation is 1. The number of hydrogen-bond donors (Lipinski definition) is 1. The molecular weight excluding hydrogens is 266 g/mol. The summed E-state index contributed by atoms with van der Waals surface area (Å²) < 4.78 is 5.40. The lowest BCUT2D eigenvalue weighted by Crippen LogP contribution is -2.36. The molecule has 1 saturated heterocycles. The highest BCUT2D eigenvalue weighted by atomic mass is 16.6. The van der Waals surface area contributed by atoms with Crippen LogP contribution in [0.15, 0.2) is 18.3 Å². The minimum absolute atomic E-state index is 0.141. The van der Waals surface area contributed by atoms with E-state index in [0.29, 0.717) is 13.1 Å². The molecule has 0 aliphatic carbocycles. The van der Waals surface area contributed by atoms with Crippen LogP contribution in [0, 0.1) is 12.8 Å². The van der Waals surface area contributed by atoms with Crippen molar-refractivity contribution in [2.24, 2.45) is 11.7 Å². The second kappa shape index (κ2) is 6.02. The molecule has 0 saturated carbocycles. The molecule has 2 N–H and O–H groups in total. The van der Waals surface area contributed by atoms with Crippen LogP contribution in [0.4, 0.5) is 4.79 Å². The van der Waals surface area contributed by atoms with Crippen LogP contribution in [-0.2, 0) is 4.74 Å². The minimum atomic E-state index is -0.463. The summed E-state index contributed by atoms with van der Waals surface area (Å²) in [6.07, 6.45) is 2.46. The van der Waals surface area contributed by atoms with Gasteiger partial charge in [0.2, 0.25) is 0 Å². The molecule has 0 radical (unpaired) electrons. The Hall–Kier alpha value is -1.62. The van der Waals surface area contributed by atoms with Crippen molar-refractivity contribution in [3.8, 4) is 0 Å². The molecule has 2 atom stereocenters. The monoisotopic (exact) mass is 291 g/mol. The molecule has 1 fully saturated rings. The first kappa shape index (κ1) is 15.8. The topological polar surface area (TPSA) is 68.5 Å². The molecule has 2 rings (SSSR count).